The Morgan fingerprint density at radius 2 is 1.57 bits per heavy atom. The van der Waals surface area contributed by atoms with Crippen LogP contribution >= 0.6 is 15.9 Å². The van der Waals surface area contributed by atoms with Crippen molar-refractivity contribution in [1.82, 2.24) is 0 Å². The summed E-state index contributed by atoms with van der Waals surface area (Å²) in [5.74, 6) is -1.25. The van der Waals surface area contributed by atoms with Crippen LogP contribution in [0.2, 0.25) is 0 Å². The second-order valence-electron chi connectivity index (χ2n) is 4.80. The molecule has 21 heavy (non-hydrogen) atoms. The summed E-state index contributed by atoms with van der Waals surface area (Å²) in [7, 11) is 0. The topological polar surface area (TPSA) is 20.2 Å². The summed E-state index contributed by atoms with van der Waals surface area (Å²) in [4.78, 5) is 0. The first kappa shape index (κ1) is 14.2. The van der Waals surface area contributed by atoms with E-state index in [9.17, 15) is 13.9 Å². The molecule has 0 aliphatic heterocycles. The van der Waals surface area contributed by atoms with Gasteiger partial charge in [0.1, 0.15) is 17.7 Å². The highest BCUT2D eigenvalue weighted by Crippen LogP contribution is 2.30. The molecule has 0 bridgehead atoms. The van der Waals surface area contributed by atoms with E-state index < -0.39 is 17.7 Å². The van der Waals surface area contributed by atoms with Crippen LogP contribution in [0.4, 0.5) is 8.78 Å². The van der Waals surface area contributed by atoms with Crippen molar-refractivity contribution in [2.45, 2.75) is 6.10 Å². The van der Waals surface area contributed by atoms with Crippen molar-refractivity contribution in [3.05, 3.63) is 81.8 Å². The molecule has 3 aromatic rings. The molecule has 4 heteroatoms. The van der Waals surface area contributed by atoms with Crippen LogP contribution in [0, 0.1) is 11.6 Å². The Balaban J connectivity index is 2.07. The Bertz CT molecular complexity index is 817. The number of aliphatic hydroxyl groups excluding tert-OH is 1. The quantitative estimate of drug-likeness (QED) is 0.648. The maximum absolute atomic E-state index is 13.9. The average Bonchev–Trinajstić information content (AvgIpc) is 2.50. The van der Waals surface area contributed by atoms with Gasteiger partial charge < -0.3 is 5.11 Å². The summed E-state index contributed by atoms with van der Waals surface area (Å²) in [6.45, 7) is 0. The molecule has 0 radical (unpaired) electrons. The lowest BCUT2D eigenvalue weighted by molar-refractivity contribution is 0.214. The van der Waals surface area contributed by atoms with Crippen molar-refractivity contribution in [2.24, 2.45) is 0 Å². The van der Waals surface area contributed by atoms with E-state index in [4.69, 9.17) is 0 Å². The molecule has 0 heterocycles. The Morgan fingerprint density at radius 1 is 0.857 bits per heavy atom. The van der Waals surface area contributed by atoms with Crippen LogP contribution in [0.1, 0.15) is 17.2 Å². The van der Waals surface area contributed by atoms with Crippen molar-refractivity contribution in [2.75, 3.05) is 0 Å². The zero-order valence-corrected chi connectivity index (χ0v) is 12.4. The smallest absolute Gasteiger partial charge is 0.137 e. The van der Waals surface area contributed by atoms with Crippen LogP contribution in [0.15, 0.2) is 59.1 Å². The lowest BCUT2D eigenvalue weighted by Gasteiger charge is -2.14. The normalized spacial score (nSPS) is 12.6. The van der Waals surface area contributed by atoms with Crippen LogP contribution in [0.25, 0.3) is 10.8 Å². The first-order valence-electron chi connectivity index (χ1n) is 6.37. The fourth-order valence-corrected chi connectivity index (χ4v) is 2.62. The van der Waals surface area contributed by atoms with Gasteiger partial charge in [0, 0.05) is 5.56 Å². The third-order valence-electron chi connectivity index (χ3n) is 3.42. The highest BCUT2D eigenvalue weighted by Gasteiger charge is 2.18. The second-order valence-corrected chi connectivity index (χ2v) is 5.65. The molecule has 0 aromatic heterocycles. The predicted octanol–water partition coefficient (Wildman–Crippen LogP) is 4.96. The minimum atomic E-state index is -1.21. The molecule has 1 unspecified atom stereocenters. The average molecular weight is 349 g/mol. The van der Waals surface area contributed by atoms with Gasteiger partial charge in [0.25, 0.3) is 0 Å². The lowest BCUT2D eigenvalue weighted by Crippen LogP contribution is -2.03. The molecule has 0 saturated heterocycles. The minimum Gasteiger partial charge on any atom is -0.384 e. The van der Waals surface area contributed by atoms with Crippen LogP contribution in [-0.2, 0) is 0 Å². The van der Waals surface area contributed by atoms with E-state index in [0.29, 0.717) is 5.56 Å². The second kappa shape index (κ2) is 5.54. The van der Waals surface area contributed by atoms with Crippen LogP contribution in [-0.4, -0.2) is 5.11 Å². The zero-order valence-electron chi connectivity index (χ0n) is 10.9. The number of halogens is 3. The Labute approximate surface area is 129 Å². The number of fused-ring (bicyclic) bond motifs is 1. The molecular formula is C17H11BrF2O. The standard InChI is InChI=1S/C17H11BrF2O/c18-14-9-15(19)13(8-16(14)20)17(21)12-6-5-10-3-1-2-4-11(10)7-12/h1-9,17,21H. The molecule has 1 nitrogen and oxygen atoms in total. The minimum absolute atomic E-state index is 0.0365. The van der Waals surface area contributed by atoms with Gasteiger partial charge in [0.2, 0.25) is 0 Å². The highest BCUT2D eigenvalue weighted by molar-refractivity contribution is 9.10. The molecule has 0 fully saturated rings. The van der Waals surface area contributed by atoms with Crippen LogP contribution in [0.5, 0.6) is 0 Å². The largest absolute Gasteiger partial charge is 0.384 e. The van der Waals surface area contributed by atoms with Crippen LogP contribution in [0.3, 0.4) is 0 Å². The van der Waals surface area contributed by atoms with E-state index in [-0.39, 0.29) is 10.0 Å². The van der Waals surface area contributed by atoms with E-state index in [0.717, 1.165) is 22.9 Å². The van der Waals surface area contributed by atoms with Gasteiger partial charge in [-0.1, -0.05) is 36.4 Å². The molecule has 1 atom stereocenters. The molecule has 0 saturated carbocycles. The molecule has 0 aliphatic rings. The van der Waals surface area contributed by atoms with Gasteiger partial charge in [-0.3, -0.25) is 0 Å². The third kappa shape index (κ3) is 2.69. The van der Waals surface area contributed by atoms with E-state index in [2.05, 4.69) is 15.9 Å². The maximum Gasteiger partial charge on any atom is 0.137 e. The van der Waals surface area contributed by atoms with Crippen molar-refractivity contribution in [3.63, 3.8) is 0 Å². The van der Waals surface area contributed by atoms with Crippen molar-refractivity contribution in [3.8, 4) is 0 Å². The number of rotatable bonds is 2. The Morgan fingerprint density at radius 3 is 2.33 bits per heavy atom. The van der Waals surface area contributed by atoms with E-state index in [1.807, 2.05) is 30.3 Å². The molecule has 0 spiro atoms. The first-order valence-corrected chi connectivity index (χ1v) is 7.17. The maximum atomic E-state index is 13.9. The number of benzene rings is 3. The van der Waals surface area contributed by atoms with E-state index in [1.54, 1.807) is 12.1 Å². The third-order valence-corrected chi connectivity index (χ3v) is 4.03. The zero-order chi connectivity index (χ0) is 15.0. The molecule has 1 N–H and O–H groups in total. The summed E-state index contributed by atoms with van der Waals surface area (Å²) in [6, 6.07) is 15.0. The van der Waals surface area contributed by atoms with Crippen molar-refractivity contribution < 1.29 is 13.9 Å². The van der Waals surface area contributed by atoms with Gasteiger partial charge >= 0.3 is 0 Å². The van der Waals surface area contributed by atoms with Crippen LogP contribution < -0.4 is 0 Å². The lowest BCUT2D eigenvalue weighted by atomic mass is 9.98. The number of hydrogen-bond donors (Lipinski definition) is 1. The molecule has 3 aromatic carbocycles. The predicted molar refractivity (Wildman–Crippen MR) is 82.1 cm³/mol. The fraction of sp³-hybridized carbons (Fsp3) is 0.0588. The van der Waals surface area contributed by atoms with Crippen molar-refractivity contribution in [1.29, 1.82) is 0 Å². The molecule has 106 valence electrons. The summed E-state index contributed by atoms with van der Waals surface area (Å²) in [5.41, 5.74) is 0.445. The Hall–Kier alpha value is -1.78. The van der Waals surface area contributed by atoms with E-state index >= 15 is 0 Å². The monoisotopic (exact) mass is 348 g/mol. The van der Waals surface area contributed by atoms with Gasteiger partial charge in [-0.25, -0.2) is 8.78 Å². The molecule has 3 rings (SSSR count). The summed E-state index contributed by atoms with van der Waals surface area (Å²) in [5, 5.41) is 12.3. The number of hydrogen-bond acceptors (Lipinski definition) is 1. The summed E-state index contributed by atoms with van der Waals surface area (Å²) in [6.07, 6.45) is -1.21. The van der Waals surface area contributed by atoms with Gasteiger partial charge in [-0.05, 0) is 50.5 Å². The number of aliphatic hydroxyl groups is 1. The van der Waals surface area contributed by atoms with Gasteiger partial charge in [-0.15, -0.1) is 0 Å². The summed E-state index contributed by atoms with van der Waals surface area (Å²) < 4.78 is 27.5. The highest BCUT2D eigenvalue weighted by atomic mass is 79.9. The Kier molecular flexibility index (Phi) is 3.74. The summed E-state index contributed by atoms with van der Waals surface area (Å²) >= 11 is 2.92. The van der Waals surface area contributed by atoms with Gasteiger partial charge in [-0.2, -0.15) is 0 Å². The molecule has 0 aliphatic carbocycles. The van der Waals surface area contributed by atoms with Crippen molar-refractivity contribution >= 4 is 26.7 Å². The van der Waals surface area contributed by atoms with Gasteiger partial charge in [0.05, 0.1) is 4.47 Å². The first-order chi connectivity index (χ1) is 10.1. The molecular weight excluding hydrogens is 338 g/mol. The van der Waals surface area contributed by atoms with Gasteiger partial charge in [0.15, 0.2) is 0 Å². The molecule has 0 amide bonds. The van der Waals surface area contributed by atoms with E-state index in [1.165, 1.54) is 0 Å². The SMILES string of the molecule is OC(c1ccc2ccccc2c1)c1cc(F)c(Br)cc1F. The fourth-order valence-electron chi connectivity index (χ4n) is 2.30.